The summed E-state index contributed by atoms with van der Waals surface area (Å²) >= 11 is 0. The van der Waals surface area contributed by atoms with Crippen molar-refractivity contribution in [3.8, 4) is 22.8 Å². The molecule has 4 heterocycles. The number of nitrogens with zero attached hydrogens (tertiary/aromatic N) is 3. The maximum Gasteiger partial charge on any atom is 0.161 e. The molecular formula is C30H42N4O2. The molecule has 2 aromatic heterocycles. The molecule has 2 aliphatic heterocycles. The van der Waals surface area contributed by atoms with Crippen molar-refractivity contribution < 1.29 is 9.47 Å². The lowest BCUT2D eigenvalue weighted by Crippen LogP contribution is -2.48. The Kier molecular flexibility index (Phi) is 7.54. The predicted octanol–water partition coefficient (Wildman–Crippen LogP) is 5.86. The molecule has 2 fully saturated rings. The van der Waals surface area contributed by atoms with E-state index in [0.717, 1.165) is 40.2 Å². The van der Waals surface area contributed by atoms with Crippen LogP contribution < -0.4 is 9.47 Å². The summed E-state index contributed by atoms with van der Waals surface area (Å²) < 4.78 is 10.9. The first-order valence-electron chi connectivity index (χ1n) is 13.6. The van der Waals surface area contributed by atoms with Gasteiger partial charge in [0.25, 0.3) is 0 Å². The first kappa shape index (κ1) is 25.1. The maximum absolute atomic E-state index is 5.53. The molecule has 194 valence electrons. The summed E-state index contributed by atoms with van der Waals surface area (Å²) in [4.78, 5) is 13.9. The molecule has 6 nitrogen and oxygen atoms in total. The Morgan fingerprint density at radius 2 is 1.69 bits per heavy atom. The smallest absolute Gasteiger partial charge is 0.161 e. The molecule has 2 aliphatic rings. The van der Waals surface area contributed by atoms with Crippen molar-refractivity contribution in [2.75, 3.05) is 46.9 Å². The van der Waals surface area contributed by atoms with E-state index < -0.39 is 0 Å². The molecule has 1 aromatic carbocycles. The third kappa shape index (κ3) is 5.12. The number of rotatable bonds is 7. The number of nitrogens with one attached hydrogen (secondary N) is 1. The third-order valence-corrected chi connectivity index (χ3v) is 8.28. The van der Waals surface area contributed by atoms with Gasteiger partial charge in [0, 0.05) is 40.8 Å². The number of benzene rings is 1. The van der Waals surface area contributed by atoms with Crippen molar-refractivity contribution in [1.82, 2.24) is 19.8 Å². The van der Waals surface area contributed by atoms with Gasteiger partial charge in [-0.1, -0.05) is 13.8 Å². The van der Waals surface area contributed by atoms with Crippen molar-refractivity contribution in [2.45, 2.75) is 58.4 Å². The maximum atomic E-state index is 5.53. The number of H-pyrrole nitrogens is 1. The van der Waals surface area contributed by atoms with Gasteiger partial charge in [-0.2, -0.15) is 0 Å². The molecule has 0 saturated carbocycles. The van der Waals surface area contributed by atoms with Gasteiger partial charge in [0.1, 0.15) is 0 Å². The summed E-state index contributed by atoms with van der Waals surface area (Å²) in [6.07, 6.45) is 7.08. The Bertz CT molecular complexity index is 1170. The van der Waals surface area contributed by atoms with Crippen molar-refractivity contribution in [1.29, 1.82) is 0 Å². The van der Waals surface area contributed by atoms with Crippen molar-refractivity contribution in [2.24, 2.45) is 5.92 Å². The summed E-state index contributed by atoms with van der Waals surface area (Å²) in [6, 6.07) is 9.17. The number of ether oxygens (including phenoxy) is 2. The van der Waals surface area contributed by atoms with E-state index in [9.17, 15) is 0 Å². The Balaban J connectivity index is 1.26. The standard InChI is InChI=1S/C30H42N4O2/c1-20(2)19-33-12-10-24(11-13-33)34-14-8-22(9-15-34)26-17-25-21(3)30(32-27(25)18-31-26)23-6-7-28(35-4)29(16-23)36-5/h6-7,16-18,20,22,24,32H,8-15,19H2,1-5H3. The lowest BCUT2D eigenvalue weighted by molar-refractivity contribution is 0.0824. The van der Waals surface area contributed by atoms with E-state index in [-0.39, 0.29) is 0 Å². The fourth-order valence-corrected chi connectivity index (χ4v) is 6.29. The summed E-state index contributed by atoms with van der Waals surface area (Å²) in [5, 5.41) is 1.27. The third-order valence-electron chi connectivity index (χ3n) is 8.28. The molecule has 3 aromatic rings. The fraction of sp³-hybridized carbons (Fsp3) is 0.567. The van der Waals surface area contributed by atoms with Gasteiger partial charge >= 0.3 is 0 Å². The number of aryl methyl sites for hydroxylation is 1. The van der Waals surface area contributed by atoms with Crippen LogP contribution in [-0.4, -0.2) is 72.8 Å². The van der Waals surface area contributed by atoms with Crippen LogP contribution in [0, 0.1) is 12.8 Å². The normalized spacial score (nSPS) is 18.8. The van der Waals surface area contributed by atoms with Crippen LogP contribution in [0.2, 0.25) is 0 Å². The second kappa shape index (κ2) is 10.8. The summed E-state index contributed by atoms with van der Waals surface area (Å²) in [7, 11) is 3.34. The Labute approximate surface area is 216 Å². The van der Waals surface area contributed by atoms with E-state index in [1.165, 1.54) is 75.1 Å². The molecule has 36 heavy (non-hydrogen) atoms. The zero-order chi connectivity index (χ0) is 25.2. The molecular weight excluding hydrogens is 448 g/mol. The van der Waals surface area contributed by atoms with E-state index in [4.69, 9.17) is 14.5 Å². The SMILES string of the molecule is COc1ccc(-c2[nH]c3cnc(C4CCN(C5CCN(CC(C)C)CC5)CC4)cc3c2C)cc1OC. The van der Waals surface area contributed by atoms with Gasteiger partial charge in [-0.25, -0.2) is 0 Å². The minimum atomic E-state index is 0.547. The molecule has 5 rings (SSSR count). The molecule has 2 saturated heterocycles. The number of pyridine rings is 1. The highest BCUT2D eigenvalue weighted by atomic mass is 16.5. The Morgan fingerprint density at radius 3 is 2.36 bits per heavy atom. The average molecular weight is 491 g/mol. The summed E-state index contributed by atoms with van der Waals surface area (Å²) in [6.45, 7) is 13.0. The van der Waals surface area contributed by atoms with E-state index >= 15 is 0 Å². The number of aromatic amines is 1. The van der Waals surface area contributed by atoms with Gasteiger partial charge in [-0.05, 0) is 94.5 Å². The number of methoxy groups -OCH3 is 2. The quantitative estimate of drug-likeness (QED) is 0.450. The van der Waals surface area contributed by atoms with Gasteiger partial charge in [0.2, 0.25) is 0 Å². The molecule has 0 unspecified atom stereocenters. The monoisotopic (exact) mass is 490 g/mol. The Morgan fingerprint density at radius 1 is 0.972 bits per heavy atom. The number of likely N-dealkylation sites (tertiary alicyclic amines) is 2. The lowest BCUT2D eigenvalue weighted by atomic mass is 9.90. The summed E-state index contributed by atoms with van der Waals surface area (Å²) in [5.74, 6) is 2.79. The number of hydrogen-bond donors (Lipinski definition) is 1. The molecule has 6 heteroatoms. The first-order chi connectivity index (χ1) is 17.5. The topological polar surface area (TPSA) is 53.6 Å². The van der Waals surface area contributed by atoms with Gasteiger partial charge in [-0.15, -0.1) is 0 Å². The second-order valence-electron chi connectivity index (χ2n) is 11.1. The number of fused-ring (bicyclic) bond motifs is 1. The van der Waals surface area contributed by atoms with Crippen molar-refractivity contribution in [3.63, 3.8) is 0 Å². The van der Waals surface area contributed by atoms with Gasteiger partial charge in [-0.3, -0.25) is 4.98 Å². The number of piperidine rings is 2. The highest BCUT2D eigenvalue weighted by Crippen LogP contribution is 2.37. The minimum Gasteiger partial charge on any atom is -0.493 e. The molecule has 1 N–H and O–H groups in total. The molecule has 0 amide bonds. The number of hydrogen-bond acceptors (Lipinski definition) is 5. The van der Waals surface area contributed by atoms with E-state index in [1.807, 2.05) is 18.3 Å². The summed E-state index contributed by atoms with van der Waals surface area (Å²) in [5.41, 5.74) is 5.80. The largest absolute Gasteiger partial charge is 0.493 e. The molecule has 0 bridgehead atoms. The Hall–Kier alpha value is -2.57. The van der Waals surface area contributed by atoms with Gasteiger partial charge in [0.05, 0.1) is 25.9 Å². The average Bonchev–Trinajstić information content (AvgIpc) is 3.24. The highest BCUT2D eigenvalue weighted by Gasteiger charge is 2.29. The van der Waals surface area contributed by atoms with Crippen LogP contribution in [0.5, 0.6) is 11.5 Å². The van der Waals surface area contributed by atoms with Crippen LogP contribution in [0.25, 0.3) is 22.2 Å². The van der Waals surface area contributed by atoms with Gasteiger partial charge in [0.15, 0.2) is 11.5 Å². The van der Waals surface area contributed by atoms with Crippen LogP contribution in [0.4, 0.5) is 0 Å². The van der Waals surface area contributed by atoms with E-state index in [0.29, 0.717) is 5.92 Å². The van der Waals surface area contributed by atoms with Crippen LogP contribution in [0.1, 0.15) is 56.7 Å². The van der Waals surface area contributed by atoms with E-state index in [1.54, 1.807) is 14.2 Å². The van der Waals surface area contributed by atoms with Crippen LogP contribution in [0.15, 0.2) is 30.5 Å². The zero-order valence-electron chi connectivity index (χ0n) is 22.6. The van der Waals surface area contributed by atoms with Crippen LogP contribution in [-0.2, 0) is 0 Å². The van der Waals surface area contributed by atoms with Crippen molar-refractivity contribution in [3.05, 3.63) is 41.7 Å². The molecule has 0 aliphatic carbocycles. The van der Waals surface area contributed by atoms with Crippen LogP contribution >= 0.6 is 0 Å². The lowest BCUT2D eigenvalue weighted by Gasteiger charge is -2.42. The highest BCUT2D eigenvalue weighted by molar-refractivity contribution is 5.90. The predicted molar refractivity (Wildman–Crippen MR) is 147 cm³/mol. The fourth-order valence-electron chi connectivity index (χ4n) is 6.29. The molecule has 0 atom stereocenters. The first-order valence-corrected chi connectivity index (χ1v) is 13.6. The number of aromatic nitrogens is 2. The molecule has 0 spiro atoms. The molecule has 0 radical (unpaired) electrons. The minimum absolute atomic E-state index is 0.547. The van der Waals surface area contributed by atoms with Crippen molar-refractivity contribution >= 4 is 10.9 Å². The van der Waals surface area contributed by atoms with Crippen LogP contribution in [0.3, 0.4) is 0 Å². The second-order valence-corrected chi connectivity index (χ2v) is 11.1. The van der Waals surface area contributed by atoms with E-state index in [2.05, 4.69) is 47.7 Å². The zero-order valence-corrected chi connectivity index (χ0v) is 22.6. The van der Waals surface area contributed by atoms with Gasteiger partial charge < -0.3 is 24.3 Å².